The molecule has 0 saturated heterocycles. The second-order valence-electron chi connectivity index (χ2n) is 5.11. The van der Waals surface area contributed by atoms with Gasteiger partial charge in [0.05, 0.1) is 0 Å². The van der Waals surface area contributed by atoms with E-state index in [4.69, 9.17) is 0 Å². The topological polar surface area (TPSA) is 20.2 Å². The molecule has 20 heavy (non-hydrogen) atoms. The third-order valence-corrected chi connectivity index (χ3v) is 3.17. The lowest BCUT2D eigenvalue weighted by molar-refractivity contribution is 0.453. The Morgan fingerprint density at radius 1 is 1.10 bits per heavy atom. The lowest BCUT2D eigenvalue weighted by Crippen LogP contribution is -1.95. The summed E-state index contributed by atoms with van der Waals surface area (Å²) in [5.74, 6) is 5.40. The fraction of sp³-hybridized carbons (Fsp3) is 0.222. The Morgan fingerprint density at radius 2 is 1.80 bits per heavy atom. The minimum atomic E-state index is -0.408. The van der Waals surface area contributed by atoms with Crippen LogP contribution >= 0.6 is 0 Å². The van der Waals surface area contributed by atoms with E-state index in [1.807, 2.05) is 45.0 Å². The minimum absolute atomic E-state index is 0.0333. The van der Waals surface area contributed by atoms with Gasteiger partial charge in [0.2, 0.25) is 0 Å². The number of aryl methyl sites for hydroxylation is 1. The summed E-state index contributed by atoms with van der Waals surface area (Å²) in [6.45, 7) is 5.66. The van der Waals surface area contributed by atoms with Crippen LogP contribution in [0.3, 0.4) is 0 Å². The second kappa shape index (κ2) is 5.79. The van der Waals surface area contributed by atoms with E-state index in [0.29, 0.717) is 11.1 Å². The fourth-order valence-corrected chi connectivity index (χ4v) is 2.10. The van der Waals surface area contributed by atoms with Crippen LogP contribution < -0.4 is 0 Å². The Balaban J connectivity index is 2.40. The maximum Gasteiger partial charge on any atom is 0.131 e. The number of hydrogen-bond acceptors (Lipinski definition) is 1. The number of phenolic OH excluding ortho intramolecular Hbond substituents is 1. The van der Waals surface area contributed by atoms with Crippen LogP contribution in [0, 0.1) is 24.6 Å². The number of rotatable bonds is 1. The first kappa shape index (κ1) is 14.1. The average molecular weight is 268 g/mol. The predicted molar refractivity (Wildman–Crippen MR) is 79.3 cm³/mol. The van der Waals surface area contributed by atoms with Gasteiger partial charge >= 0.3 is 0 Å². The highest BCUT2D eigenvalue weighted by Crippen LogP contribution is 2.29. The molecule has 0 radical (unpaired) electrons. The van der Waals surface area contributed by atoms with E-state index in [9.17, 15) is 9.50 Å². The molecule has 0 aliphatic carbocycles. The fourth-order valence-electron chi connectivity index (χ4n) is 2.10. The van der Waals surface area contributed by atoms with Crippen LogP contribution in [0.5, 0.6) is 5.75 Å². The van der Waals surface area contributed by atoms with Crippen molar-refractivity contribution in [3.05, 3.63) is 64.5 Å². The predicted octanol–water partition coefficient (Wildman–Crippen LogP) is 4.36. The SMILES string of the molecule is Cc1ccccc1C#Cc1cc(O)c(C(C)C)c(F)c1. The summed E-state index contributed by atoms with van der Waals surface area (Å²) in [7, 11) is 0. The summed E-state index contributed by atoms with van der Waals surface area (Å²) in [4.78, 5) is 0. The van der Waals surface area contributed by atoms with Crippen molar-refractivity contribution < 1.29 is 9.50 Å². The van der Waals surface area contributed by atoms with E-state index < -0.39 is 5.82 Å². The summed E-state index contributed by atoms with van der Waals surface area (Å²) < 4.78 is 13.9. The van der Waals surface area contributed by atoms with Gasteiger partial charge in [0.1, 0.15) is 11.6 Å². The molecule has 0 unspecified atom stereocenters. The van der Waals surface area contributed by atoms with Crippen LogP contribution in [0.25, 0.3) is 0 Å². The van der Waals surface area contributed by atoms with Crippen molar-refractivity contribution in [2.45, 2.75) is 26.7 Å². The van der Waals surface area contributed by atoms with Crippen LogP contribution in [0.2, 0.25) is 0 Å². The van der Waals surface area contributed by atoms with Gasteiger partial charge in [-0.05, 0) is 36.6 Å². The smallest absolute Gasteiger partial charge is 0.131 e. The molecule has 0 aliphatic rings. The minimum Gasteiger partial charge on any atom is -0.508 e. The average Bonchev–Trinajstić information content (AvgIpc) is 2.36. The highest BCUT2D eigenvalue weighted by atomic mass is 19.1. The van der Waals surface area contributed by atoms with Gasteiger partial charge in [0, 0.05) is 16.7 Å². The summed E-state index contributed by atoms with van der Waals surface area (Å²) in [6, 6.07) is 10.6. The lowest BCUT2D eigenvalue weighted by atomic mass is 9.99. The van der Waals surface area contributed by atoms with Crippen molar-refractivity contribution in [2.24, 2.45) is 0 Å². The van der Waals surface area contributed by atoms with Crippen LogP contribution in [0.4, 0.5) is 4.39 Å². The maximum absolute atomic E-state index is 13.9. The van der Waals surface area contributed by atoms with Gasteiger partial charge in [-0.2, -0.15) is 0 Å². The van der Waals surface area contributed by atoms with E-state index in [1.54, 1.807) is 0 Å². The van der Waals surface area contributed by atoms with Crippen molar-refractivity contribution in [3.8, 4) is 17.6 Å². The monoisotopic (exact) mass is 268 g/mol. The van der Waals surface area contributed by atoms with Crippen LogP contribution in [-0.4, -0.2) is 5.11 Å². The zero-order valence-corrected chi connectivity index (χ0v) is 11.9. The number of phenols is 1. The molecule has 0 heterocycles. The number of benzene rings is 2. The van der Waals surface area contributed by atoms with Gasteiger partial charge in [-0.3, -0.25) is 0 Å². The first-order chi connectivity index (χ1) is 9.49. The summed E-state index contributed by atoms with van der Waals surface area (Å²) in [6.07, 6.45) is 0. The van der Waals surface area contributed by atoms with Crippen LogP contribution in [0.1, 0.15) is 42.0 Å². The maximum atomic E-state index is 13.9. The highest BCUT2D eigenvalue weighted by Gasteiger charge is 2.12. The zero-order valence-electron chi connectivity index (χ0n) is 11.9. The lowest BCUT2D eigenvalue weighted by Gasteiger charge is -2.09. The van der Waals surface area contributed by atoms with Gasteiger partial charge in [-0.15, -0.1) is 0 Å². The molecule has 0 spiro atoms. The van der Waals surface area contributed by atoms with Crippen molar-refractivity contribution >= 4 is 0 Å². The summed E-state index contributed by atoms with van der Waals surface area (Å²) in [5, 5.41) is 9.89. The van der Waals surface area contributed by atoms with Gasteiger partial charge in [0.25, 0.3) is 0 Å². The van der Waals surface area contributed by atoms with Crippen molar-refractivity contribution in [3.63, 3.8) is 0 Å². The van der Waals surface area contributed by atoms with Crippen molar-refractivity contribution in [1.29, 1.82) is 0 Å². The number of aromatic hydroxyl groups is 1. The summed E-state index contributed by atoms with van der Waals surface area (Å²) in [5.41, 5.74) is 2.79. The molecule has 0 aromatic heterocycles. The molecule has 1 nitrogen and oxygen atoms in total. The molecule has 2 rings (SSSR count). The molecular formula is C18H17FO. The molecule has 0 saturated carbocycles. The Hall–Kier alpha value is -2.27. The Bertz CT molecular complexity index is 667. The molecule has 2 aromatic carbocycles. The molecule has 0 bridgehead atoms. The molecule has 0 atom stereocenters. The third kappa shape index (κ3) is 3.00. The number of halogens is 1. The van der Waals surface area contributed by atoms with Gasteiger partial charge in [-0.1, -0.05) is 43.9 Å². The quantitative estimate of drug-likeness (QED) is 0.762. The largest absolute Gasteiger partial charge is 0.508 e. The van der Waals surface area contributed by atoms with Gasteiger partial charge in [-0.25, -0.2) is 4.39 Å². The molecule has 0 aliphatic heterocycles. The summed E-state index contributed by atoms with van der Waals surface area (Å²) >= 11 is 0. The molecular weight excluding hydrogens is 251 g/mol. The van der Waals surface area contributed by atoms with E-state index in [0.717, 1.165) is 11.1 Å². The first-order valence-corrected chi connectivity index (χ1v) is 6.59. The Morgan fingerprint density at radius 3 is 2.40 bits per heavy atom. The third-order valence-electron chi connectivity index (χ3n) is 3.17. The van der Waals surface area contributed by atoms with E-state index in [2.05, 4.69) is 11.8 Å². The van der Waals surface area contributed by atoms with Gasteiger partial charge < -0.3 is 5.11 Å². The Labute approximate surface area is 119 Å². The van der Waals surface area contributed by atoms with E-state index >= 15 is 0 Å². The molecule has 0 amide bonds. The van der Waals surface area contributed by atoms with Crippen LogP contribution in [0.15, 0.2) is 36.4 Å². The molecule has 2 aromatic rings. The molecule has 102 valence electrons. The molecule has 1 N–H and O–H groups in total. The van der Waals surface area contributed by atoms with Crippen molar-refractivity contribution in [1.82, 2.24) is 0 Å². The van der Waals surface area contributed by atoms with E-state index in [-0.39, 0.29) is 11.7 Å². The highest BCUT2D eigenvalue weighted by molar-refractivity contribution is 5.50. The first-order valence-electron chi connectivity index (χ1n) is 6.59. The zero-order chi connectivity index (χ0) is 14.7. The number of hydrogen-bond donors (Lipinski definition) is 1. The van der Waals surface area contributed by atoms with Gasteiger partial charge in [0.15, 0.2) is 0 Å². The standard InChI is InChI=1S/C18H17FO/c1-12(2)18-16(19)10-14(11-17(18)20)8-9-15-7-5-4-6-13(15)3/h4-7,10-12,20H,1-3H3. The second-order valence-corrected chi connectivity index (χ2v) is 5.11. The normalized spacial score (nSPS) is 10.2. The Kier molecular flexibility index (Phi) is 4.10. The van der Waals surface area contributed by atoms with Crippen LogP contribution in [-0.2, 0) is 0 Å². The molecule has 0 fully saturated rings. The van der Waals surface area contributed by atoms with Crippen molar-refractivity contribution in [2.75, 3.05) is 0 Å². The van der Waals surface area contributed by atoms with E-state index in [1.165, 1.54) is 12.1 Å². The molecule has 2 heteroatoms.